The van der Waals surface area contributed by atoms with E-state index in [1.54, 1.807) is 6.07 Å². The fraction of sp³-hybridized carbons (Fsp3) is 0.571. The van der Waals surface area contributed by atoms with E-state index in [0.29, 0.717) is 18.3 Å². The quantitative estimate of drug-likeness (QED) is 0.641. The molecular formula is C14H24N2O2. The molecule has 1 atom stereocenters. The van der Waals surface area contributed by atoms with E-state index in [4.69, 9.17) is 10.8 Å². The van der Waals surface area contributed by atoms with Crippen molar-refractivity contribution in [2.45, 2.75) is 32.4 Å². The predicted octanol–water partition coefficient (Wildman–Crippen LogP) is 1.40. The van der Waals surface area contributed by atoms with Gasteiger partial charge in [-0.1, -0.05) is 12.1 Å². The Kier molecular flexibility index (Phi) is 6.12. The van der Waals surface area contributed by atoms with Crippen LogP contribution in [0.1, 0.15) is 31.9 Å². The van der Waals surface area contributed by atoms with E-state index in [0.717, 1.165) is 18.5 Å². The molecule has 0 spiro atoms. The first-order chi connectivity index (χ1) is 8.54. The second-order valence-electron chi connectivity index (χ2n) is 4.85. The Morgan fingerprint density at radius 1 is 1.33 bits per heavy atom. The van der Waals surface area contributed by atoms with Crippen LogP contribution in [0.5, 0.6) is 0 Å². The third-order valence-corrected chi connectivity index (χ3v) is 3.04. The summed E-state index contributed by atoms with van der Waals surface area (Å²) in [6.07, 6.45) is 0.177. The highest BCUT2D eigenvalue weighted by Crippen LogP contribution is 2.18. The Balaban J connectivity index is 2.63. The second-order valence-corrected chi connectivity index (χ2v) is 4.85. The van der Waals surface area contributed by atoms with Gasteiger partial charge in [-0.25, -0.2) is 0 Å². The lowest BCUT2D eigenvalue weighted by molar-refractivity contribution is 0.0904. The number of aliphatic hydroxyl groups is 2. The fourth-order valence-corrected chi connectivity index (χ4v) is 1.93. The first kappa shape index (κ1) is 15.0. The van der Waals surface area contributed by atoms with E-state index < -0.39 is 6.10 Å². The van der Waals surface area contributed by atoms with Gasteiger partial charge in [0.25, 0.3) is 0 Å². The normalized spacial score (nSPS) is 13.2. The fourth-order valence-electron chi connectivity index (χ4n) is 1.93. The SMILES string of the molecule is CC(C)N(CCCO)CC(O)c1cccc(N)c1. The maximum Gasteiger partial charge on any atom is 0.0917 e. The van der Waals surface area contributed by atoms with Gasteiger partial charge in [-0.15, -0.1) is 0 Å². The molecule has 0 aliphatic heterocycles. The van der Waals surface area contributed by atoms with Crippen LogP contribution in [0.15, 0.2) is 24.3 Å². The molecule has 0 fully saturated rings. The monoisotopic (exact) mass is 252 g/mol. The Bertz CT molecular complexity index is 355. The molecule has 0 saturated heterocycles. The minimum absolute atomic E-state index is 0.178. The maximum absolute atomic E-state index is 10.2. The average Bonchev–Trinajstić information content (AvgIpc) is 2.33. The van der Waals surface area contributed by atoms with Crippen LogP contribution in [0.2, 0.25) is 0 Å². The van der Waals surface area contributed by atoms with Crippen molar-refractivity contribution < 1.29 is 10.2 Å². The summed E-state index contributed by atoms with van der Waals surface area (Å²) in [7, 11) is 0. The van der Waals surface area contributed by atoms with E-state index in [9.17, 15) is 5.11 Å². The number of hydrogen-bond donors (Lipinski definition) is 3. The predicted molar refractivity (Wildman–Crippen MR) is 74.2 cm³/mol. The van der Waals surface area contributed by atoms with Crippen LogP contribution in [0.4, 0.5) is 5.69 Å². The van der Waals surface area contributed by atoms with Crippen LogP contribution in [-0.4, -0.2) is 40.9 Å². The number of rotatable bonds is 7. The summed E-state index contributed by atoms with van der Waals surface area (Å²) in [5.74, 6) is 0. The van der Waals surface area contributed by atoms with Gasteiger partial charge in [0.2, 0.25) is 0 Å². The highest BCUT2D eigenvalue weighted by atomic mass is 16.3. The number of anilines is 1. The standard InChI is InChI=1S/C14H24N2O2/c1-11(2)16(7-4-8-17)10-14(18)12-5-3-6-13(15)9-12/h3,5-6,9,11,14,17-18H,4,7-8,10,15H2,1-2H3. The molecule has 0 radical (unpaired) electrons. The average molecular weight is 252 g/mol. The molecule has 1 aromatic carbocycles. The molecule has 4 nitrogen and oxygen atoms in total. The number of nitrogens with two attached hydrogens (primary N) is 1. The van der Waals surface area contributed by atoms with Crippen molar-refractivity contribution in [2.24, 2.45) is 0 Å². The first-order valence-corrected chi connectivity index (χ1v) is 6.43. The smallest absolute Gasteiger partial charge is 0.0917 e. The van der Waals surface area contributed by atoms with Crippen molar-refractivity contribution in [1.82, 2.24) is 4.90 Å². The molecule has 18 heavy (non-hydrogen) atoms. The summed E-state index contributed by atoms with van der Waals surface area (Å²) in [6.45, 7) is 5.69. The minimum Gasteiger partial charge on any atom is -0.399 e. The van der Waals surface area contributed by atoms with Gasteiger partial charge >= 0.3 is 0 Å². The summed E-state index contributed by atoms with van der Waals surface area (Å²) in [5.41, 5.74) is 7.21. The second kappa shape index (κ2) is 7.36. The van der Waals surface area contributed by atoms with E-state index >= 15 is 0 Å². The number of hydrogen-bond acceptors (Lipinski definition) is 4. The zero-order valence-corrected chi connectivity index (χ0v) is 11.2. The van der Waals surface area contributed by atoms with Crippen molar-refractivity contribution in [3.63, 3.8) is 0 Å². The van der Waals surface area contributed by atoms with Crippen molar-refractivity contribution in [1.29, 1.82) is 0 Å². The van der Waals surface area contributed by atoms with Gasteiger partial charge in [0.1, 0.15) is 0 Å². The van der Waals surface area contributed by atoms with Crippen molar-refractivity contribution >= 4 is 5.69 Å². The Morgan fingerprint density at radius 2 is 2.06 bits per heavy atom. The largest absolute Gasteiger partial charge is 0.399 e. The summed E-state index contributed by atoms with van der Waals surface area (Å²) in [5, 5.41) is 19.1. The summed E-state index contributed by atoms with van der Waals surface area (Å²) >= 11 is 0. The van der Waals surface area contributed by atoms with Gasteiger partial charge in [-0.3, -0.25) is 4.90 Å². The number of benzene rings is 1. The van der Waals surface area contributed by atoms with E-state index in [-0.39, 0.29) is 6.61 Å². The molecule has 0 bridgehead atoms. The molecule has 4 heteroatoms. The Hall–Kier alpha value is -1.10. The number of nitrogens with zero attached hydrogens (tertiary/aromatic N) is 1. The van der Waals surface area contributed by atoms with Crippen molar-refractivity contribution in [3.05, 3.63) is 29.8 Å². The lowest BCUT2D eigenvalue weighted by atomic mass is 10.1. The molecular weight excluding hydrogens is 228 g/mol. The van der Waals surface area contributed by atoms with Crippen LogP contribution < -0.4 is 5.73 Å². The van der Waals surface area contributed by atoms with Gasteiger partial charge in [-0.05, 0) is 38.0 Å². The third-order valence-electron chi connectivity index (χ3n) is 3.04. The minimum atomic E-state index is -0.547. The van der Waals surface area contributed by atoms with E-state index in [2.05, 4.69) is 18.7 Å². The lowest BCUT2D eigenvalue weighted by Gasteiger charge is -2.28. The highest BCUT2D eigenvalue weighted by Gasteiger charge is 2.15. The Morgan fingerprint density at radius 3 is 2.61 bits per heavy atom. The molecule has 0 aromatic heterocycles. The zero-order chi connectivity index (χ0) is 13.5. The summed E-state index contributed by atoms with van der Waals surface area (Å²) in [6, 6.07) is 7.68. The molecule has 0 aliphatic rings. The van der Waals surface area contributed by atoms with Gasteiger partial charge in [-0.2, -0.15) is 0 Å². The molecule has 1 unspecified atom stereocenters. The molecule has 0 heterocycles. The first-order valence-electron chi connectivity index (χ1n) is 6.43. The third kappa shape index (κ3) is 4.64. The number of nitrogen functional groups attached to an aromatic ring is 1. The highest BCUT2D eigenvalue weighted by molar-refractivity contribution is 5.41. The van der Waals surface area contributed by atoms with E-state index in [1.165, 1.54) is 0 Å². The molecule has 1 rings (SSSR count). The van der Waals surface area contributed by atoms with Crippen molar-refractivity contribution in [2.75, 3.05) is 25.4 Å². The van der Waals surface area contributed by atoms with Gasteiger partial charge in [0.15, 0.2) is 0 Å². The molecule has 0 amide bonds. The van der Waals surface area contributed by atoms with E-state index in [1.807, 2.05) is 18.2 Å². The van der Waals surface area contributed by atoms with Crippen LogP contribution >= 0.6 is 0 Å². The van der Waals surface area contributed by atoms with Crippen LogP contribution in [0, 0.1) is 0 Å². The molecule has 0 aliphatic carbocycles. The number of aliphatic hydroxyl groups excluding tert-OH is 2. The molecule has 0 saturated carbocycles. The zero-order valence-electron chi connectivity index (χ0n) is 11.2. The molecule has 102 valence electrons. The maximum atomic E-state index is 10.2. The van der Waals surface area contributed by atoms with Crippen molar-refractivity contribution in [3.8, 4) is 0 Å². The van der Waals surface area contributed by atoms with Gasteiger partial charge in [0, 0.05) is 31.4 Å². The molecule has 4 N–H and O–H groups in total. The van der Waals surface area contributed by atoms with Crippen LogP contribution in [-0.2, 0) is 0 Å². The topological polar surface area (TPSA) is 69.7 Å². The van der Waals surface area contributed by atoms with Crippen LogP contribution in [0.3, 0.4) is 0 Å². The lowest BCUT2D eigenvalue weighted by Crippen LogP contribution is -2.35. The molecule has 1 aromatic rings. The summed E-state index contributed by atoms with van der Waals surface area (Å²) in [4.78, 5) is 2.16. The van der Waals surface area contributed by atoms with Gasteiger partial charge in [0.05, 0.1) is 6.10 Å². The summed E-state index contributed by atoms with van der Waals surface area (Å²) < 4.78 is 0. The Labute approximate surface area is 109 Å². The van der Waals surface area contributed by atoms with Gasteiger partial charge < -0.3 is 15.9 Å². The van der Waals surface area contributed by atoms with Crippen LogP contribution in [0.25, 0.3) is 0 Å².